The number of anilines is 2. The number of hydrogen-bond acceptors (Lipinski definition) is 3. The molecule has 3 rings (SSSR count). The van der Waals surface area contributed by atoms with Gasteiger partial charge in [0, 0.05) is 16.9 Å². The molecule has 0 aliphatic heterocycles. The third-order valence-corrected chi connectivity index (χ3v) is 3.23. The summed E-state index contributed by atoms with van der Waals surface area (Å²) in [6, 6.07) is 22.9. The van der Waals surface area contributed by atoms with E-state index in [0.717, 1.165) is 28.3 Å². The summed E-state index contributed by atoms with van der Waals surface area (Å²) in [7, 11) is 0. The highest BCUT2D eigenvalue weighted by atomic mass is 16.5. The lowest BCUT2D eigenvalue weighted by Crippen LogP contribution is -1.92. The van der Waals surface area contributed by atoms with E-state index < -0.39 is 0 Å². The van der Waals surface area contributed by atoms with Crippen molar-refractivity contribution in [3.05, 3.63) is 72.8 Å². The maximum absolute atomic E-state index is 6.07. The van der Waals surface area contributed by atoms with E-state index >= 15 is 0 Å². The Morgan fingerprint density at radius 1 is 0.667 bits per heavy atom. The smallest absolute Gasteiger partial charge is 0.128 e. The molecule has 3 aromatic carbocycles. The highest BCUT2D eigenvalue weighted by Gasteiger charge is 2.05. The fourth-order valence-electron chi connectivity index (χ4n) is 2.14. The van der Waals surface area contributed by atoms with Gasteiger partial charge in [-0.1, -0.05) is 30.3 Å². The molecule has 0 aliphatic carbocycles. The van der Waals surface area contributed by atoms with Crippen molar-refractivity contribution in [2.75, 3.05) is 11.5 Å². The van der Waals surface area contributed by atoms with Gasteiger partial charge in [0.15, 0.2) is 0 Å². The lowest BCUT2D eigenvalue weighted by atomic mass is 10.0. The van der Waals surface area contributed by atoms with E-state index in [1.165, 1.54) is 0 Å². The van der Waals surface area contributed by atoms with Crippen LogP contribution in [0.4, 0.5) is 11.4 Å². The van der Waals surface area contributed by atoms with Gasteiger partial charge >= 0.3 is 0 Å². The van der Waals surface area contributed by atoms with Crippen LogP contribution in [0.5, 0.6) is 11.5 Å². The van der Waals surface area contributed by atoms with Crippen molar-refractivity contribution in [3.8, 4) is 22.6 Å². The minimum Gasteiger partial charge on any atom is -0.457 e. The van der Waals surface area contributed by atoms with E-state index in [2.05, 4.69) is 0 Å². The molecule has 0 saturated heterocycles. The van der Waals surface area contributed by atoms with E-state index in [0.29, 0.717) is 5.69 Å². The van der Waals surface area contributed by atoms with E-state index in [1.807, 2.05) is 72.8 Å². The van der Waals surface area contributed by atoms with Crippen LogP contribution in [0.15, 0.2) is 72.8 Å². The van der Waals surface area contributed by atoms with Crippen molar-refractivity contribution in [1.82, 2.24) is 0 Å². The molecule has 0 amide bonds. The molecular weight excluding hydrogens is 260 g/mol. The first kappa shape index (κ1) is 13.1. The molecule has 21 heavy (non-hydrogen) atoms. The first-order valence-corrected chi connectivity index (χ1v) is 6.71. The molecule has 0 fully saturated rings. The van der Waals surface area contributed by atoms with Crippen molar-refractivity contribution in [2.45, 2.75) is 0 Å². The van der Waals surface area contributed by atoms with Crippen LogP contribution in [-0.4, -0.2) is 0 Å². The molecule has 3 heteroatoms. The molecule has 104 valence electrons. The largest absolute Gasteiger partial charge is 0.457 e. The number of benzene rings is 3. The lowest BCUT2D eigenvalue weighted by Gasteiger charge is -2.10. The van der Waals surface area contributed by atoms with Gasteiger partial charge in [-0.05, 0) is 48.0 Å². The van der Waals surface area contributed by atoms with Crippen LogP contribution in [0.1, 0.15) is 0 Å². The number of nitrogen functional groups attached to an aromatic ring is 2. The Balaban J connectivity index is 1.94. The molecule has 0 spiro atoms. The molecule has 3 aromatic rings. The van der Waals surface area contributed by atoms with Crippen LogP contribution in [0.2, 0.25) is 0 Å². The van der Waals surface area contributed by atoms with Gasteiger partial charge in [-0.3, -0.25) is 0 Å². The van der Waals surface area contributed by atoms with Crippen molar-refractivity contribution >= 4 is 11.4 Å². The zero-order valence-corrected chi connectivity index (χ0v) is 11.5. The Hall–Kier alpha value is -2.94. The highest BCUT2D eigenvalue weighted by molar-refractivity contribution is 5.78. The summed E-state index contributed by atoms with van der Waals surface area (Å²) in [5.74, 6) is 1.55. The van der Waals surface area contributed by atoms with Crippen LogP contribution >= 0.6 is 0 Å². The number of rotatable bonds is 3. The summed E-state index contributed by atoms with van der Waals surface area (Å²) in [4.78, 5) is 0. The van der Waals surface area contributed by atoms with Crippen LogP contribution in [0.3, 0.4) is 0 Å². The van der Waals surface area contributed by atoms with Gasteiger partial charge in [0.2, 0.25) is 0 Å². The SMILES string of the molecule is Nc1ccc(-c2cc(Oc3ccccc3)ccc2N)cc1. The van der Waals surface area contributed by atoms with Crippen molar-refractivity contribution < 1.29 is 4.74 Å². The first-order valence-electron chi connectivity index (χ1n) is 6.71. The Labute approximate surface area is 123 Å². The highest BCUT2D eigenvalue weighted by Crippen LogP contribution is 2.32. The van der Waals surface area contributed by atoms with Crippen LogP contribution in [0.25, 0.3) is 11.1 Å². The normalized spacial score (nSPS) is 10.3. The van der Waals surface area contributed by atoms with Gasteiger partial charge in [0.25, 0.3) is 0 Å². The van der Waals surface area contributed by atoms with Crippen LogP contribution in [-0.2, 0) is 0 Å². The fraction of sp³-hybridized carbons (Fsp3) is 0. The molecule has 0 radical (unpaired) electrons. The van der Waals surface area contributed by atoms with Crippen molar-refractivity contribution in [1.29, 1.82) is 0 Å². The van der Waals surface area contributed by atoms with Crippen molar-refractivity contribution in [3.63, 3.8) is 0 Å². The van der Waals surface area contributed by atoms with E-state index in [1.54, 1.807) is 0 Å². The maximum atomic E-state index is 6.07. The Morgan fingerprint density at radius 3 is 2.10 bits per heavy atom. The quantitative estimate of drug-likeness (QED) is 0.701. The predicted molar refractivity (Wildman–Crippen MR) is 87.2 cm³/mol. The lowest BCUT2D eigenvalue weighted by molar-refractivity contribution is 0.483. The number of ether oxygens (including phenoxy) is 1. The molecule has 3 nitrogen and oxygen atoms in total. The minimum atomic E-state index is 0.709. The third kappa shape index (κ3) is 2.98. The standard InChI is InChI=1S/C18H16N2O/c19-14-8-6-13(7-9-14)17-12-16(10-11-18(17)20)21-15-4-2-1-3-5-15/h1-12H,19-20H2. The second-order valence-electron chi connectivity index (χ2n) is 4.79. The molecule has 4 N–H and O–H groups in total. The third-order valence-electron chi connectivity index (χ3n) is 3.23. The van der Waals surface area contributed by atoms with Gasteiger partial charge in [-0.2, -0.15) is 0 Å². The van der Waals surface area contributed by atoms with Crippen LogP contribution < -0.4 is 16.2 Å². The number of hydrogen-bond donors (Lipinski definition) is 2. The Bertz CT molecular complexity index is 737. The average molecular weight is 276 g/mol. The summed E-state index contributed by atoms with van der Waals surface area (Å²) < 4.78 is 5.84. The molecule has 0 saturated carbocycles. The second-order valence-corrected chi connectivity index (χ2v) is 4.79. The maximum Gasteiger partial charge on any atom is 0.128 e. The molecule has 0 heterocycles. The average Bonchev–Trinajstić information content (AvgIpc) is 2.51. The molecular formula is C18H16N2O. The van der Waals surface area contributed by atoms with Gasteiger partial charge in [0.05, 0.1) is 0 Å². The number of para-hydroxylation sites is 1. The first-order chi connectivity index (χ1) is 10.2. The second kappa shape index (κ2) is 5.59. The predicted octanol–water partition coefficient (Wildman–Crippen LogP) is 4.31. The Kier molecular flexibility index (Phi) is 3.48. The van der Waals surface area contributed by atoms with Gasteiger partial charge in [-0.25, -0.2) is 0 Å². The molecule has 0 aliphatic rings. The Morgan fingerprint density at radius 2 is 1.38 bits per heavy atom. The zero-order valence-electron chi connectivity index (χ0n) is 11.5. The fourth-order valence-corrected chi connectivity index (χ4v) is 2.14. The van der Waals surface area contributed by atoms with E-state index in [-0.39, 0.29) is 0 Å². The summed E-state index contributed by atoms with van der Waals surface area (Å²) in [5.41, 5.74) is 15.2. The summed E-state index contributed by atoms with van der Waals surface area (Å²) in [6.45, 7) is 0. The molecule has 0 atom stereocenters. The van der Waals surface area contributed by atoms with Gasteiger partial charge in [-0.15, -0.1) is 0 Å². The monoisotopic (exact) mass is 276 g/mol. The molecule has 0 unspecified atom stereocenters. The number of nitrogens with two attached hydrogens (primary N) is 2. The zero-order chi connectivity index (χ0) is 14.7. The van der Waals surface area contributed by atoms with Crippen LogP contribution in [0, 0.1) is 0 Å². The molecule has 0 bridgehead atoms. The van der Waals surface area contributed by atoms with Crippen molar-refractivity contribution in [2.24, 2.45) is 0 Å². The van der Waals surface area contributed by atoms with E-state index in [9.17, 15) is 0 Å². The molecule has 0 aromatic heterocycles. The summed E-state index contributed by atoms with van der Waals surface area (Å²) >= 11 is 0. The summed E-state index contributed by atoms with van der Waals surface area (Å²) in [6.07, 6.45) is 0. The summed E-state index contributed by atoms with van der Waals surface area (Å²) in [5, 5.41) is 0. The van der Waals surface area contributed by atoms with E-state index in [4.69, 9.17) is 16.2 Å². The van der Waals surface area contributed by atoms with Gasteiger partial charge in [0.1, 0.15) is 11.5 Å². The minimum absolute atomic E-state index is 0.709. The van der Waals surface area contributed by atoms with Gasteiger partial charge < -0.3 is 16.2 Å². The topological polar surface area (TPSA) is 61.3 Å².